The van der Waals surface area contributed by atoms with Crippen molar-refractivity contribution in [3.8, 4) is 0 Å². The van der Waals surface area contributed by atoms with E-state index in [0.29, 0.717) is 5.57 Å². The van der Waals surface area contributed by atoms with Crippen molar-refractivity contribution in [2.75, 3.05) is 7.11 Å². The number of allylic oxidation sites excluding steroid dienone is 1. The Morgan fingerprint density at radius 1 is 1.30 bits per heavy atom. The van der Waals surface area contributed by atoms with E-state index in [1.807, 2.05) is 24.3 Å². The average molecular weight is 274 g/mol. The summed E-state index contributed by atoms with van der Waals surface area (Å²) in [5.74, 6) is -0.433. The van der Waals surface area contributed by atoms with Gasteiger partial charge < -0.3 is 9.84 Å². The molecular weight excluding hydrogens is 252 g/mol. The number of methoxy groups -OCH3 is 1. The number of fused-ring (bicyclic) bond motifs is 1. The van der Waals surface area contributed by atoms with Crippen molar-refractivity contribution in [2.24, 2.45) is 0 Å². The van der Waals surface area contributed by atoms with E-state index in [2.05, 4.69) is 6.92 Å². The van der Waals surface area contributed by atoms with Crippen LogP contribution in [0.4, 0.5) is 0 Å². The smallest absolute Gasteiger partial charge is 0.337 e. The first-order valence-corrected chi connectivity index (χ1v) is 7.18. The molecule has 0 radical (unpaired) electrons. The Balaban J connectivity index is 2.49. The predicted molar refractivity (Wildman–Crippen MR) is 79.1 cm³/mol. The number of unbranched alkanes of at least 4 members (excludes halogenated alkanes) is 2. The molecule has 3 nitrogen and oxygen atoms in total. The van der Waals surface area contributed by atoms with Gasteiger partial charge in [-0.3, -0.25) is 0 Å². The van der Waals surface area contributed by atoms with Gasteiger partial charge in [0.25, 0.3) is 0 Å². The van der Waals surface area contributed by atoms with E-state index in [0.717, 1.165) is 42.4 Å². The number of hydrogen-bond donors (Lipinski definition) is 1. The Morgan fingerprint density at radius 2 is 2.00 bits per heavy atom. The van der Waals surface area contributed by atoms with Gasteiger partial charge in [-0.05, 0) is 36.5 Å². The molecule has 0 fully saturated rings. The summed E-state index contributed by atoms with van der Waals surface area (Å²) < 4.78 is 4.88. The number of carbonyl (C=O) groups is 1. The van der Waals surface area contributed by atoms with Gasteiger partial charge in [0.2, 0.25) is 0 Å². The Kier molecular flexibility index (Phi) is 4.29. The van der Waals surface area contributed by atoms with Gasteiger partial charge >= 0.3 is 5.97 Å². The highest BCUT2D eigenvalue weighted by molar-refractivity contribution is 6.03. The van der Waals surface area contributed by atoms with Gasteiger partial charge in [-0.25, -0.2) is 4.79 Å². The van der Waals surface area contributed by atoms with Crippen molar-refractivity contribution in [3.63, 3.8) is 0 Å². The highest BCUT2D eigenvalue weighted by Gasteiger charge is 2.43. The van der Waals surface area contributed by atoms with Gasteiger partial charge in [-0.2, -0.15) is 0 Å². The molecule has 0 heterocycles. The van der Waals surface area contributed by atoms with E-state index >= 15 is 0 Å². The number of esters is 1. The Labute approximate surface area is 120 Å². The van der Waals surface area contributed by atoms with Crippen LogP contribution in [0.2, 0.25) is 0 Å². The van der Waals surface area contributed by atoms with E-state index in [1.54, 1.807) is 6.92 Å². The van der Waals surface area contributed by atoms with Crippen molar-refractivity contribution < 1.29 is 14.6 Å². The number of aliphatic hydroxyl groups is 1. The molecule has 1 aromatic carbocycles. The fourth-order valence-electron chi connectivity index (χ4n) is 2.97. The van der Waals surface area contributed by atoms with Crippen LogP contribution in [0.3, 0.4) is 0 Å². The molecule has 0 aliphatic heterocycles. The van der Waals surface area contributed by atoms with E-state index in [1.165, 1.54) is 7.11 Å². The van der Waals surface area contributed by atoms with Crippen LogP contribution in [0.1, 0.15) is 50.7 Å². The molecule has 1 aromatic rings. The minimum absolute atomic E-state index is 0.400. The third-order valence-corrected chi connectivity index (χ3v) is 3.99. The largest absolute Gasteiger partial charge is 0.466 e. The molecule has 0 aromatic heterocycles. The van der Waals surface area contributed by atoms with Gasteiger partial charge in [0, 0.05) is 0 Å². The second kappa shape index (κ2) is 5.80. The minimum atomic E-state index is -1.26. The zero-order valence-electron chi connectivity index (χ0n) is 12.4. The molecule has 1 atom stereocenters. The average Bonchev–Trinajstić information content (AvgIpc) is 2.67. The fourth-order valence-corrected chi connectivity index (χ4v) is 2.97. The van der Waals surface area contributed by atoms with Gasteiger partial charge in [-0.1, -0.05) is 44.0 Å². The number of benzene rings is 1. The molecule has 0 spiro atoms. The number of rotatable bonds is 5. The zero-order valence-corrected chi connectivity index (χ0v) is 12.4. The maximum atomic E-state index is 12.1. The summed E-state index contributed by atoms with van der Waals surface area (Å²) >= 11 is 0. The first kappa shape index (κ1) is 14.8. The summed E-state index contributed by atoms with van der Waals surface area (Å²) in [6.07, 6.45) is 4.04. The minimum Gasteiger partial charge on any atom is -0.466 e. The number of carbonyl (C=O) groups excluding carboxylic acids is 1. The predicted octanol–water partition coefficient (Wildman–Crippen LogP) is 3.41. The third-order valence-electron chi connectivity index (χ3n) is 3.99. The van der Waals surface area contributed by atoms with E-state index in [4.69, 9.17) is 4.74 Å². The molecule has 20 heavy (non-hydrogen) atoms. The highest BCUT2D eigenvalue weighted by Crippen LogP contribution is 2.46. The maximum absolute atomic E-state index is 12.1. The van der Waals surface area contributed by atoms with Crippen LogP contribution in [0.15, 0.2) is 29.8 Å². The maximum Gasteiger partial charge on any atom is 0.337 e. The van der Waals surface area contributed by atoms with E-state index < -0.39 is 11.6 Å². The van der Waals surface area contributed by atoms with E-state index in [9.17, 15) is 9.90 Å². The Morgan fingerprint density at radius 3 is 2.65 bits per heavy atom. The molecule has 0 amide bonds. The molecule has 2 rings (SSSR count). The molecule has 1 aliphatic carbocycles. The van der Waals surface area contributed by atoms with Crippen LogP contribution in [-0.4, -0.2) is 18.2 Å². The standard InChI is InChI=1S/C17H22O3/c1-4-5-6-10-13-12-9-7-8-11-14(12)17(2,19)15(13)16(18)20-3/h7-9,11,19H,4-6,10H2,1-3H3. The summed E-state index contributed by atoms with van der Waals surface area (Å²) in [6, 6.07) is 7.68. The lowest BCUT2D eigenvalue weighted by molar-refractivity contribution is -0.138. The van der Waals surface area contributed by atoms with Crippen LogP contribution in [-0.2, 0) is 15.1 Å². The Bertz CT molecular complexity index is 541. The van der Waals surface area contributed by atoms with Crippen LogP contribution < -0.4 is 0 Å². The monoisotopic (exact) mass is 274 g/mol. The molecule has 1 N–H and O–H groups in total. The molecular formula is C17H22O3. The van der Waals surface area contributed by atoms with Gasteiger partial charge in [0.1, 0.15) is 5.60 Å². The van der Waals surface area contributed by atoms with Crippen molar-refractivity contribution in [3.05, 3.63) is 41.0 Å². The first-order chi connectivity index (χ1) is 9.54. The molecule has 0 saturated heterocycles. The summed E-state index contributed by atoms with van der Waals surface area (Å²) in [5.41, 5.74) is 1.86. The normalized spacial score (nSPS) is 21.0. The van der Waals surface area contributed by atoms with Crippen LogP contribution in [0.5, 0.6) is 0 Å². The summed E-state index contributed by atoms with van der Waals surface area (Å²) in [4.78, 5) is 12.1. The molecule has 3 heteroatoms. The molecule has 0 bridgehead atoms. The number of ether oxygens (including phenoxy) is 1. The second-order valence-electron chi connectivity index (χ2n) is 5.42. The van der Waals surface area contributed by atoms with E-state index in [-0.39, 0.29) is 0 Å². The fraction of sp³-hybridized carbons (Fsp3) is 0.471. The van der Waals surface area contributed by atoms with Gasteiger partial charge in [0.15, 0.2) is 0 Å². The quantitative estimate of drug-likeness (QED) is 0.661. The van der Waals surface area contributed by atoms with Crippen molar-refractivity contribution in [1.82, 2.24) is 0 Å². The topological polar surface area (TPSA) is 46.5 Å². The lowest BCUT2D eigenvalue weighted by Crippen LogP contribution is -2.27. The first-order valence-electron chi connectivity index (χ1n) is 7.18. The van der Waals surface area contributed by atoms with Crippen LogP contribution in [0.25, 0.3) is 5.57 Å². The van der Waals surface area contributed by atoms with Crippen LogP contribution >= 0.6 is 0 Å². The lowest BCUT2D eigenvalue weighted by Gasteiger charge is -2.21. The molecule has 1 unspecified atom stereocenters. The lowest BCUT2D eigenvalue weighted by atomic mass is 9.92. The Hall–Kier alpha value is -1.61. The van der Waals surface area contributed by atoms with Gasteiger partial charge in [0.05, 0.1) is 12.7 Å². The molecule has 0 saturated carbocycles. The molecule has 1 aliphatic rings. The molecule has 108 valence electrons. The van der Waals surface area contributed by atoms with Crippen molar-refractivity contribution in [1.29, 1.82) is 0 Å². The SMILES string of the molecule is CCCCCC1=C(C(=O)OC)C(C)(O)c2ccccc21. The van der Waals surface area contributed by atoms with Crippen LogP contribution in [0, 0.1) is 0 Å². The summed E-state index contributed by atoms with van der Waals surface area (Å²) in [5, 5.41) is 10.8. The summed E-state index contributed by atoms with van der Waals surface area (Å²) in [6.45, 7) is 3.82. The van der Waals surface area contributed by atoms with Crippen molar-refractivity contribution >= 4 is 11.5 Å². The highest BCUT2D eigenvalue weighted by atomic mass is 16.5. The van der Waals surface area contributed by atoms with Gasteiger partial charge in [-0.15, -0.1) is 0 Å². The number of hydrogen-bond acceptors (Lipinski definition) is 3. The third kappa shape index (κ3) is 2.38. The summed E-state index contributed by atoms with van der Waals surface area (Å²) in [7, 11) is 1.36. The second-order valence-corrected chi connectivity index (χ2v) is 5.42. The van der Waals surface area contributed by atoms with Crippen molar-refractivity contribution in [2.45, 2.75) is 45.1 Å². The zero-order chi connectivity index (χ0) is 14.8.